The third-order valence-corrected chi connectivity index (χ3v) is 3.72. The second kappa shape index (κ2) is 5.07. The summed E-state index contributed by atoms with van der Waals surface area (Å²) in [6.45, 7) is 10.3. The van der Waals surface area contributed by atoms with Crippen LogP contribution in [0.3, 0.4) is 0 Å². The van der Waals surface area contributed by atoms with E-state index in [2.05, 4.69) is 20.8 Å². The minimum absolute atomic E-state index is 0.00890. The van der Waals surface area contributed by atoms with Gasteiger partial charge in [0.25, 0.3) is 0 Å². The highest BCUT2D eigenvalue weighted by atomic mass is 31.1. The van der Waals surface area contributed by atoms with Crippen molar-refractivity contribution in [3.63, 3.8) is 0 Å². The molecule has 0 radical (unpaired) electrons. The number of hydrogen-bond donors (Lipinski definition) is 1. The van der Waals surface area contributed by atoms with Crippen molar-refractivity contribution in [3.8, 4) is 0 Å². The first-order valence-corrected chi connectivity index (χ1v) is 6.16. The largest absolute Gasteiger partial charge is 0.481 e. The van der Waals surface area contributed by atoms with Gasteiger partial charge in [0.1, 0.15) is 0 Å². The first kappa shape index (κ1) is 14.6. The predicted octanol–water partition coefficient (Wildman–Crippen LogP) is 3.32. The summed E-state index contributed by atoms with van der Waals surface area (Å²) >= 11 is 0. The van der Waals surface area contributed by atoms with E-state index in [1.807, 2.05) is 13.8 Å². The monoisotopic (exact) mass is 233 g/mol. The maximum Gasteiger partial charge on any atom is 0.329 e. The van der Waals surface area contributed by atoms with Crippen LogP contribution in [-0.4, -0.2) is 16.7 Å². The molecule has 0 bridgehead atoms. The molecule has 15 heavy (non-hydrogen) atoms. The van der Waals surface area contributed by atoms with Crippen LogP contribution in [-0.2, 0) is 9.36 Å². The molecule has 0 spiro atoms. The van der Waals surface area contributed by atoms with Gasteiger partial charge in [0.2, 0.25) is 0 Å². The standard InChI is InChI=1S/C11H21O3P/c1-10(2,3)7-11(4,5)8(15-14)6-9(12)13/h8H,6-7H2,1-5H3,(H,12,13)/p+1/t8-/m0/s1. The smallest absolute Gasteiger partial charge is 0.329 e. The van der Waals surface area contributed by atoms with E-state index < -0.39 is 14.4 Å². The highest BCUT2D eigenvalue weighted by molar-refractivity contribution is 7.24. The molecule has 1 unspecified atom stereocenters. The Morgan fingerprint density at radius 1 is 1.27 bits per heavy atom. The second-order valence-corrected chi connectivity index (χ2v) is 6.93. The molecule has 0 aromatic rings. The van der Waals surface area contributed by atoms with E-state index in [4.69, 9.17) is 5.11 Å². The molecule has 0 saturated heterocycles. The summed E-state index contributed by atoms with van der Waals surface area (Å²) in [6.07, 6.45) is 0.859. The molecule has 0 saturated carbocycles. The Morgan fingerprint density at radius 3 is 2.00 bits per heavy atom. The van der Waals surface area contributed by atoms with Crippen molar-refractivity contribution in [2.24, 2.45) is 10.8 Å². The van der Waals surface area contributed by atoms with Gasteiger partial charge < -0.3 is 5.11 Å². The molecule has 0 fully saturated rings. The fourth-order valence-corrected chi connectivity index (χ4v) is 2.82. The van der Waals surface area contributed by atoms with Crippen molar-refractivity contribution in [3.05, 3.63) is 0 Å². The van der Waals surface area contributed by atoms with Crippen LogP contribution >= 0.6 is 8.46 Å². The van der Waals surface area contributed by atoms with Crippen LogP contribution in [0.4, 0.5) is 0 Å². The third-order valence-electron chi connectivity index (χ3n) is 2.45. The SMILES string of the molecule is CC(C)(C)CC(C)(C)[C@H](CC(=O)O)[PH+]=O. The van der Waals surface area contributed by atoms with E-state index >= 15 is 0 Å². The molecule has 0 amide bonds. The lowest BCUT2D eigenvalue weighted by Gasteiger charge is -2.32. The molecule has 4 heteroatoms. The Bertz CT molecular complexity index is 241. The molecule has 2 atom stereocenters. The molecule has 0 aliphatic rings. The fraction of sp³-hybridized carbons (Fsp3) is 0.909. The lowest BCUT2D eigenvalue weighted by Crippen LogP contribution is -2.31. The number of aliphatic carboxylic acids is 1. The Labute approximate surface area is 93.5 Å². The van der Waals surface area contributed by atoms with Gasteiger partial charge in [-0.3, -0.25) is 4.79 Å². The van der Waals surface area contributed by atoms with Gasteiger partial charge in [-0.1, -0.05) is 39.2 Å². The van der Waals surface area contributed by atoms with Gasteiger partial charge in [0.15, 0.2) is 5.66 Å². The van der Waals surface area contributed by atoms with Gasteiger partial charge in [-0.15, -0.1) is 0 Å². The highest BCUT2D eigenvalue weighted by Crippen LogP contribution is 2.41. The van der Waals surface area contributed by atoms with E-state index in [0.717, 1.165) is 6.42 Å². The zero-order chi connectivity index (χ0) is 12.3. The molecule has 0 rings (SSSR count). The summed E-state index contributed by atoms with van der Waals surface area (Å²) in [5, 5.41) is 8.74. The average Bonchev–Trinajstić information content (AvgIpc) is 1.94. The molecular weight excluding hydrogens is 211 g/mol. The Balaban J connectivity index is 4.65. The van der Waals surface area contributed by atoms with Crippen LogP contribution in [0.15, 0.2) is 0 Å². The van der Waals surface area contributed by atoms with Crippen molar-refractivity contribution in [2.45, 2.75) is 53.1 Å². The van der Waals surface area contributed by atoms with Gasteiger partial charge >= 0.3 is 14.4 Å². The maximum absolute atomic E-state index is 11.1. The van der Waals surface area contributed by atoms with Crippen LogP contribution in [0, 0.1) is 10.8 Å². The summed E-state index contributed by atoms with van der Waals surface area (Å²) in [5.74, 6) is -0.870. The lowest BCUT2D eigenvalue weighted by molar-refractivity contribution is -0.137. The van der Waals surface area contributed by atoms with Crippen molar-refractivity contribution < 1.29 is 14.5 Å². The van der Waals surface area contributed by atoms with Crippen LogP contribution in [0.25, 0.3) is 0 Å². The van der Waals surface area contributed by atoms with Crippen LogP contribution < -0.4 is 0 Å². The Kier molecular flexibility index (Phi) is 4.92. The predicted molar refractivity (Wildman–Crippen MR) is 62.9 cm³/mol. The number of rotatable bonds is 5. The zero-order valence-electron chi connectivity index (χ0n) is 10.3. The number of carbonyl (C=O) groups is 1. The molecule has 0 heterocycles. The van der Waals surface area contributed by atoms with Crippen molar-refractivity contribution >= 4 is 14.4 Å². The van der Waals surface area contributed by atoms with Crippen LogP contribution in [0.5, 0.6) is 0 Å². The van der Waals surface area contributed by atoms with E-state index in [0.29, 0.717) is 0 Å². The quantitative estimate of drug-likeness (QED) is 0.741. The average molecular weight is 233 g/mol. The molecule has 3 nitrogen and oxygen atoms in total. The van der Waals surface area contributed by atoms with Crippen LogP contribution in [0.2, 0.25) is 0 Å². The van der Waals surface area contributed by atoms with Gasteiger partial charge in [-0.05, 0) is 11.8 Å². The highest BCUT2D eigenvalue weighted by Gasteiger charge is 2.40. The maximum atomic E-state index is 11.1. The summed E-state index contributed by atoms with van der Waals surface area (Å²) in [7, 11) is -0.552. The molecule has 1 N–H and O–H groups in total. The first-order valence-electron chi connectivity index (χ1n) is 5.18. The third kappa shape index (κ3) is 5.88. The van der Waals surface area contributed by atoms with E-state index in [1.54, 1.807) is 0 Å². The van der Waals surface area contributed by atoms with Gasteiger partial charge in [0.05, 0.1) is 6.42 Å². The molecular formula is C11H22O3P+. The molecule has 0 aliphatic carbocycles. The molecule has 0 aliphatic heterocycles. The molecule has 0 aromatic heterocycles. The summed E-state index contributed by atoms with van der Waals surface area (Å²) in [6, 6.07) is 0. The van der Waals surface area contributed by atoms with Crippen molar-refractivity contribution in [1.82, 2.24) is 0 Å². The summed E-state index contributed by atoms with van der Waals surface area (Å²) in [5.41, 5.74) is -0.328. The van der Waals surface area contributed by atoms with Crippen LogP contribution in [0.1, 0.15) is 47.5 Å². The summed E-state index contributed by atoms with van der Waals surface area (Å²) in [4.78, 5) is 10.6. The first-order chi connectivity index (χ1) is 6.58. The second-order valence-electron chi connectivity index (χ2n) is 5.99. The number of hydrogen-bond acceptors (Lipinski definition) is 2. The topological polar surface area (TPSA) is 54.4 Å². The van der Waals surface area contributed by atoms with E-state index in [1.165, 1.54) is 0 Å². The van der Waals surface area contributed by atoms with Gasteiger partial charge in [0, 0.05) is 5.41 Å². The van der Waals surface area contributed by atoms with E-state index in [-0.39, 0.29) is 22.9 Å². The Morgan fingerprint density at radius 2 is 1.73 bits per heavy atom. The lowest BCUT2D eigenvalue weighted by atomic mass is 9.73. The van der Waals surface area contributed by atoms with E-state index in [9.17, 15) is 9.36 Å². The normalized spacial score (nSPS) is 15.3. The minimum atomic E-state index is -0.870. The fourth-order valence-electron chi connectivity index (χ4n) is 2.14. The van der Waals surface area contributed by atoms with Crippen molar-refractivity contribution in [1.29, 1.82) is 0 Å². The summed E-state index contributed by atoms with van der Waals surface area (Å²) < 4.78 is 11.1. The molecule has 0 aromatic carbocycles. The number of carboxylic acids is 1. The Hall–Kier alpha value is -0.430. The van der Waals surface area contributed by atoms with Gasteiger partial charge in [-0.25, -0.2) is 0 Å². The minimum Gasteiger partial charge on any atom is -0.481 e. The molecule has 88 valence electrons. The van der Waals surface area contributed by atoms with Gasteiger partial charge in [-0.2, -0.15) is 0 Å². The zero-order valence-corrected chi connectivity index (χ0v) is 11.3. The van der Waals surface area contributed by atoms with Crippen molar-refractivity contribution in [2.75, 3.05) is 0 Å². The number of carboxylic acid groups (broad SMARTS) is 1.